The minimum Gasteiger partial charge on any atom is -0.481 e. The highest BCUT2D eigenvalue weighted by Gasteiger charge is 2.46. The Bertz CT molecular complexity index is 422. The van der Waals surface area contributed by atoms with Crippen LogP contribution in [0.4, 0.5) is 0 Å². The maximum absolute atomic E-state index is 11.6. The number of carboxylic acids is 1. The molecule has 0 aromatic rings. The van der Waals surface area contributed by atoms with Crippen molar-refractivity contribution in [2.24, 2.45) is 4.99 Å². The Morgan fingerprint density at radius 1 is 1.60 bits per heavy atom. The standard InChI is InChI=1S/C10H10N2O3/c1-10(6-8(13)14)9(15)11-7-4-2-3-5-12(7)10/h2-5H,6H2,1H3,(H,13,14)/t10-/m0/s1. The van der Waals surface area contributed by atoms with Crippen molar-refractivity contribution in [3.63, 3.8) is 0 Å². The number of allylic oxidation sites excluding steroid dienone is 2. The van der Waals surface area contributed by atoms with Crippen LogP contribution in [0.5, 0.6) is 0 Å². The third-order valence-corrected chi connectivity index (χ3v) is 2.54. The molecule has 0 radical (unpaired) electrons. The normalized spacial score (nSPS) is 27.9. The van der Waals surface area contributed by atoms with E-state index in [2.05, 4.69) is 4.99 Å². The van der Waals surface area contributed by atoms with Crippen molar-refractivity contribution >= 4 is 17.7 Å². The number of carbonyl (C=O) groups excluding carboxylic acids is 1. The number of aliphatic carboxylic acids is 1. The van der Waals surface area contributed by atoms with E-state index in [1.165, 1.54) is 0 Å². The molecule has 0 bridgehead atoms. The second kappa shape index (κ2) is 3.05. The van der Waals surface area contributed by atoms with Crippen molar-refractivity contribution < 1.29 is 14.7 Å². The number of nitrogens with zero attached hydrogens (tertiary/aromatic N) is 2. The van der Waals surface area contributed by atoms with Gasteiger partial charge in [0.1, 0.15) is 11.4 Å². The number of aliphatic imine (C=N–C) groups is 1. The molecule has 1 N–H and O–H groups in total. The molecule has 0 unspecified atom stereocenters. The van der Waals surface area contributed by atoms with Crippen LogP contribution in [0.2, 0.25) is 0 Å². The number of fused-ring (bicyclic) bond motifs is 1. The Balaban J connectivity index is 2.36. The predicted molar refractivity (Wildman–Crippen MR) is 53.2 cm³/mol. The molecular formula is C10H10N2O3. The maximum atomic E-state index is 11.6. The molecule has 0 fully saturated rings. The summed E-state index contributed by atoms with van der Waals surface area (Å²) in [7, 11) is 0. The fourth-order valence-electron chi connectivity index (χ4n) is 1.73. The molecule has 1 atom stereocenters. The minimum absolute atomic E-state index is 0.253. The summed E-state index contributed by atoms with van der Waals surface area (Å²) in [6, 6.07) is 0. The summed E-state index contributed by atoms with van der Waals surface area (Å²) in [4.78, 5) is 27.8. The van der Waals surface area contributed by atoms with Crippen LogP contribution in [0.25, 0.3) is 0 Å². The highest BCUT2D eigenvalue weighted by molar-refractivity contribution is 6.12. The van der Waals surface area contributed by atoms with E-state index in [0.29, 0.717) is 5.84 Å². The first kappa shape index (κ1) is 9.64. The number of hydrogen-bond acceptors (Lipinski definition) is 3. The summed E-state index contributed by atoms with van der Waals surface area (Å²) in [5, 5.41) is 8.78. The smallest absolute Gasteiger partial charge is 0.306 e. The van der Waals surface area contributed by atoms with Gasteiger partial charge in [0.15, 0.2) is 0 Å². The molecule has 5 nitrogen and oxygen atoms in total. The van der Waals surface area contributed by atoms with E-state index in [1.54, 1.807) is 36.3 Å². The van der Waals surface area contributed by atoms with Gasteiger partial charge in [-0.2, -0.15) is 4.99 Å². The molecule has 78 valence electrons. The van der Waals surface area contributed by atoms with Gasteiger partial charge in [-0.1, -0.05) is 6.08 Å². The molecule has 2 rings (SSSR count). The fraction of sp³-hybridized carbons (Fsp3) is 0.300. The van der Waals surface area contributed by atoms with Gasteiger partial charge >= 0.3 is 5.97 Å². The van der Waals surface area contributed by atoms with E-state index in [1.807, 2.05) is 0 Å². The summed E-state index contributed by atoms with van der Waals surface area (Å²) >= 11 is 0. The monoisotopic (exact) mass is 206 g/mol. The van der Waals surface area contributed by atoms with Gasteiger partial charge in [-0.3, -0.25) is 9.59 Å². The summed E-state index contributed by atoms with van der Waals surface area (Å²) in [5.41, 5.74) is -1.08. The molecule has 0 aliphatic carbocycles. The van der Waals surface area contributed by atoms with Crippen molar-refractivity contribution in [1.29, 1.82) is 0 Å². The number of hydrogen-bond donors (Lipinski definition) is 1. The predicted octanol–water partition coefficient (Wildman–Crippen LogP) is 0.544. The quantitative estimate of drug-likeness (QED) is 0.716. The zero-order valence-corrected chi connectivity index (χ0v) is 8.17. The van der Waals surface area contributed by atoms with Crippen LogP contribution in [-0.4, -0.2) is 33.3 Å². The van der Waals surface area contributed by atoms with E-state index < -0.39 is 17.4 Å². The first-order valence-electron chi connectivity index (χ1n) is 4.53. The highest BCUT2D eigenvalue weighted by Crippen LogP contribution is 2.29. The van der Waals surface area contributed by atoms with Gasteiger partial charge in [0, 0.05) is 6.20 Å². The van der Waals surface area contributed by atoms with Gasteiger partial charge < -0.3 is 10.0 Å². The van der Waals surface area contributed by atoms with Crippen LogP contribution in [0.15, 0.2) is 29.4 Å². The summed E-state index contributed by atoms with van der Waals surface area (Å²) in [6.45, 7) is 1.59. The van der Waals surface area contributed by atoms with Crippen molar-refractivity contribution in [2.75, 3.05) is 0 Å². The summed E-state index contributed by atoms with van der Waals surface area (Å²) in [5.74, 6) is -0.910. The molecular weight excluding hydrogens is 196 g/mol. The molecule has 0 saturated heterocycles. The second-order valence-corrected chi connectivity index (χ2v) is 3.69. The number of rotatable bonds is 2. The lowest BCUT2D eigenvalue weighted by Crippen LogP contribution is -2.47. The van der Waals surface area contributed by atoms with Gasteiger partial charge in [-0.25, -0.2) is 0 Å². The average Bonchev–Trinajstić information content (AvgIpc) is 2.39. The largest absolute Gasteiger partial charge is 0.481 e. The molecule has 0 saturated carbocycles. The Labute approximate surface area is 86.4 Å². The number of amides is 1. The zero-order valence-electron chi connectivity index (χ0n) is 8.17. The van der Waals surface area contributed by atoms with E-state index in [0.717, 1.165) is 0 Å². The molecule has 2 heterocycles. The van der Waals surface area contributed by atoms with Crippen molar-refractivity contribution in [1.82, 2.24) is 4.90 Å². The second-order valence-electron chi connectivity index (χ2n) is 3.69. The fourth-order valence-corrected chi connectivity index (χ4v) is 1.73. The number of carboxylic acid groups (broad SMARTS) is 1. The van der Waals surface area contributed by atoms with E-state index >= 15 is 0 Å². The van der Waals surface area contributed by atoms with Gasteiger partial charge in [-0.15, -0.1) is 0 Å². The molecule has 5 heteroatoms. The van der Waals surface area contributed by atoms with Gasteiger partial charge in [-0.05, 0) is 19.1 Å². The third kappa shape index (κ3) is 1.36. The SMILES string of the molecule is C[C@]1(CC(=O)O)C(=O)N=C2C=CC=CN21. The number of amidine groups is 1. The Kier molecular flexibility index (Phi) is 1.96. The lowest BCUT2D eigenvalue weighted by molar-refractivity contribution is -0.142. The lowest BCUT2D eigenvalue weighted by Gasteiger charge is -2.31. The molecule has 15 heavy (non-hydrogen) atoms. The van der Waals surface area contributed by atoms with Crippen molar-refractivity contribution in [2.45, 2.75) is 18.9 Å². The molecule has 0 aromatic carbocycles. The summed E-state index contributed by atoms with van der Waals surface area (Å²) in [6.07, 6.45) is 6.61. The first-order valence-corrected chi connectivity index (χ1v) is 4.53. The zero-order chi connectivity index (χ0) is 11.1. The van der Waals surface area contributed by atoms with Gasteiger partial charge in [0.2, 0.25) is 0 Å². The molecule has 1 amide bonds. The van der Waals surface area contributed by atoms with Crippen LogP contribution in [0.1, 0.15) is 13.3 Å². The summed E-state index contributed by atoms with van der Waals surface area (Å²) < 4.78 is 0. The highest BCUT2D eigenvalue weighted by atomic mass is 16.4. The van der Waals surface area contributed by atoms with Crippen LogP contribution in [0.3, 0.4) is 0 Å². The Morgan fingerprint density at radius 3 is 3.00 bits per heavy atom. The lowest BCUT2D eigenvalue weighted by atomic mass is 9.95. The molecule has 2 aliphatic heterocycles. The van der Waals surface area contributed by atoms with Crippen molar-refractivity contribution in [3.05, 3.63) is 24.4 Å². The molecule has 0 aromatic heterocycles. The number of carbonyl (C=O) groups is 2. The van der Waals surface area contributed by atoms with E-state index in [-0.39, 0.29) is 6.42 Å². The minimum atomic E-state index is -1.08. The average molecular weight is 206 g/mol. The van der Waals surface area contributed by atoms with Gasteiger partial charge in [0.25, 0.3) is 5.91 Å². The Hall–Kier alpha value is -1.91. The molecule has 0 spiro atoms. The van der Waals surface area contributed by atoms with E-state index in [4.69, 9.17) is 5.11 Å². The maximum Gasteiger partial charge on any atom is 0.306 e. The topological polar surface area (TPSA) is 70.0 Å². The first-order chi connectivity index (χ1) is 7.04. The van der Waals surface area contributed by atoms with Crippen molar-refractivity contribution in [3.8, 4) is 0 Å². The van der Waals surface area contributed by atoms with Crippen LogP contribution in [-0.2, 0) is 9.59 Å². The molecule has 2 aliphatic rings. The van der Waals surface area contributed by atoms with Crippen LogP contribution < -0.4 is 0 Å². The van der Waals surface area contributed by atoms with E-state index in [9.17, 15) is 9.59 Å². The van der Waals surface area contributed by atoms with Crippen LogP contribution in [0, 0.1) is 0 Å². The van der Waals surface area contributed by atoms with Gasteiger partial charge in [0.05, 0.1) is 6.42 Å². The Morgan fingerprint density at radius 2 is 2.33 bits per heavy atom. The van der Waals surface area contributed by atoms with Crippen LogP contribution >= 0.6 is 0 Å². The third-order valence-electron chi connectivity index (χ3n) is 2.54.